The Balaban J connectivity index is 1.52. The summed E-state index contributed by atoms with van der Waals surface area (Å²) in [5, 5.41) is 10.1. The molecule has 34 heavy (non-hydrogen) atoms. The Labute approximate surface area is 198 Å². The number of nitrogens with one attached hydrogen (secondary N) is 4. The zero-order chi connectivity index (χ0) is 24.6. The number of amides is 4. The van der Waals surface area contributed by atoms with Crippen molar-refractivity contribution in [2.75, 3.05) is 11.9 Å². The second kappa shape index (κ2) is 9.28. The topological polar surface area (TPSA) is 133 Å². The van der Waals surface area contributed by atoms with E-state index in [2.05, 4.69) is 21.3 Å². The van der Waals surface area contributed by atoms with E-state index in [9.17, 15) is 32.8 Å². The second-order valence-corrected chi connectivity index (χ2v) is 9.28. The maximum Gasteiger partial charge on any atom is 0.289 e. The van der Waals surface area contributed by atoms with Crippen LogP contribution in [-0.2, 0) is 19.2 Å². The van der Waals surface area contributed by atoms with Crippen molar-refractivity contribution >= 4 is 46.7 Å². The van der Waals surface area contributed by atoms with Gasteiger partial charge in [0.05, 0.1) is 17.3 Å². The van der Waals surface area contributed by atoms with Gasteiger partial charge in [-0.1, -0.05) is 11.6 Å². The molecule has 0 radical (unpaired) electrons. The Morgan fingerprint density at radius 2 is 1.88 bits per heavy atom. The highest BCUT2D eigenvalue weighted by Gasteiger charge is 2.61. The summed E-state index contributed by atoms with van der Waals surface area (Å²) in [6, 6.07) is 2.48. The average Bonchev–Trinajstić information content (AvgIpc) is 3.67. The molecule has 12 heteroatoms. The standard InChI is InChI=1S/C22H23ClF2N4O5/c23-11-1-4-15(28-20(33)14-9-22(14,24)25)13(8-11)19(32)29-16(7-10-5-6-26-18(10)31)17(30)21(34)27-12-2-3-12/h1,4,8,10,12,14,16H,2-3,5-7,9H2,(H,26,31)(H,27,34)(H,28,33)(H,29,32)/t10-,14+,16-/m0/s1. The molecule has 3 atom stereocenters. The van der Waals surface area contributed by atoms with Gasteiger partial charge in [-0.2, -0.15) is 0 Å². The van der Waals surface area contributed by atoms with E-state index in [-0.39, 0.29) is 34.6 Å². The number of alkyl halides is 2. The Kier molecular flexibility index (Phi) is 6.57. The largest absolute Gasteiger partial charge is 0.356 e. The molecule has 1 aromatic carbocycles. The van der Waals surface area contributed by atoms with Gasteiger partial charge in [0.1, 0.15) is 5.92 Å². The van der Waals surface area contributed by atoms with E-state index in [1.807, 2.05) is 0 Å². The molecule has 3 fully saturated rings. The predicted molar refractivity (Wildman–Crippen MR) is 116 cm³/mol. The summed E-state index contributed by atoms with van der Waals surface area (Å²) in [6.07, 6.45) is 1.28. The summed E-state index contributed by atoms with van der Waals surface area (Å²) in [5.74, 6) is -8.98. The summed E-state index contributed by atoms with van der Waals surface area (Å²) in [6.45, 7) is 0.420. The van der Waals surface area contributed by atoms with E-state index in [4.69, 9.17) is 11.6 Å². The van der Waals surface area contributed by atoms with Crippen LogP contribution in [0.25, 0.3) is 0 Å². The lowest BCUT2D eigenvalue weighted by atomic mass is 9.95. The molecule has 4 amide bonds. The number of benzene rings is 1. The lowest BCUT2D eigenvalue weighted by molar-refractivity contribution is -0.139. The van der Waals surface area contributed by atoms with Gasteiger partial charge in [-0.15, -0.1) is 0 Å². The number of hydrogen-bond acceptors (Lipinski definition) is 5. The van der Waals surface area contributed by atoms with Gasteiger partial charge in [0.15, 0.2) is 0 Å². The lowest BCUT2D eigenvalue weighted by Crippen LogP contribution is -2.49. The fourth-order valence-electron chi connectivity index (χ4n) is 3.80. The Bertz CT molecular complexity index is 1060. The molecule has 9 nitrogen and oxygen atoms in total. The number of anilines is 1. The van der Waals surface area contributed by atoms with Crippen molar-refractivity contribution in [1.82, 2.24) is 16.0 Å². The molecule has 1 saturated heterocycles. The Morgan fingerprint density at radius 1 is 1.18 bits per heavy atom. The van der Waals surface area contributed by atoms with E-state index >= 15 is 0 Å². The van der Waals surface area contributed by atoms with E-state index in [0.717, 1.165) is 12.8 Å². The van der Waals surface area contributed by atoms with Crippen molar-refractivity contribution in [2.45, 2.75) is 50.1 Å². The number of halogens is 3. The van der Waals surface area contributed by atoms with E-state index < -0.39 is 53.7 Å². The first-order valence-corrected chi connectivity index (χ1v) is 11.3. The maximum atomic E-state index is 13.3. The summed E-state index contributed by atoms with van der Waals surface area (Å²) < 4.78 is 26.5. The van der Waals surface area contributed by atoms with E-state index in [1.54, 1.807) is 0 Å². The molecule has 1 heterocycles. The summed E-state index contributed by atoms with van der Waals surface area (Å²) in [5.41, 5.74) is -0.233. The van der Waals surface area contributed by atoms with Gasteiger partial charge >= 0.3 is 0 Å². The lowest BCUT2D eigenvalue weighted by Gasteiger charge is -2.20. The predicted octanol–water partition coefficient (Wildman–Crippen LogP) is 1.41. The normalized spacial score (nSPS) is 23.4. The first kappa shape index (κ1) is 24.1. The van der Waals surface area contributed by atoms with Crippen molar-refractivity contribution < 1.29 is 32.8 Å². The van der Waals surface area contributed by atoms with Crippen LogP contribution in [0.1, 0.15) is 42.5 Å². The smallest absolute Gasteiger partial charge is 0.289 e. The molecular weight excluding hydrogens is 474 g/mol. The third-order valence-corrected chi connectivity index (χ3v) is 6.30. The van der Waals surface area contributed by atoms with Crippen LogP contribution in [0, 0.1) is 11.8 Å². The first-order chi connectivity index (χ1) is 16.0. The highest BCUT2D eigenvalue weighted by molar-refractivity contribution is 6.38. The molecule has 0 unspecified atom stereocenters. The van der Waals surface area contributed by atoms with Crippen LogP contribution < -0.4 is 21.3 Å². The van der Waals surface area contributed by atoms with Gasteiger partial charge < -0.3 is 21.3 Å². The third kappa shape index (κ3) is 5.52. The summed E-state index contributed by atoms with van der Waals surface area (Å²) in [7, 11) is 0. The van der Waals surface area contributed by atoms with Crippen LogP contribution in [0.4, 0.5) is 14.5 Å². The SMILES string of the molecule is O=C(NC1CC1)C(=O)[C@H](C[C@@H]1CCNC1=O)NC(=O)c1cc(Cl)ccc1NC(=O)[C@H]1CC1(F)F. The van der Waals surface area contributed by atoms with Crippen LogP contribution in [-0.4, -0.2) is 54.0 Å². The number of hydrogen-bond donors (Lipinski definition) is 4. The second-order valence-electron chi connectivity index (χ2n) is 8.85. The van der Waals surface area contributed by atoms with Crippen LogP contribution in [0.15, 0.2) is 18.2 Å². The van der Waals surface area contributed by atoms with Gasteiger partial charge in [0, 0.05) is 29.9 Å². The molecule has 4 rings (SSSR count). The maximum absolute atomic E-state index is 13.3. The number of rotatable bonds is 9. The van der Waals surface area contributed by atoms with Crippen LogP contribution in [0.3, 0.4) is 0 Å². The minimum absolute atomic E-state index is 0.0677. The quantitative estimate of drug-likeness (QED) is 0.384. The third-order valence-electron chi connectivity index (χ3n) is 6.07. The van der Waals surface area contributed by atoms with Crippen molar-refractivity contribution in [1.29, 1.82) is 0 Å². The molecule has 3 aliphatic rings. The molecule has 0 bridgehead atoms. The fraction of sp³-hybridized carbons (Fsp3) is 0.500. The Morgan fingerprint density at radius 3 is 2.47 bits per heavy atom. The van der Waals surface area contributed by atoms with Gasteiger partial charge in [-0.05, 0) is 43.9 Å². The Hall–Kier alpha value is -3.08. The highest BCUT2D eigenvalue weighted by atomic mass is 35.5. The zero-order valence-electron chi connectivity index (χ0n) is 18.0. The van der Waals surface area contributed by atoms with Crippen LogP contribution in [0.2, 0.25) is 5.02 Å². The molecule has 0 spiro atoms. The number of carbonyl (C=O) groups is 5. The molecule has 4 N–H and O–H groups in total. The number of carbonyl (C=O) groups excluding carboxylic acids is 5. The highest BCUT2D eigenvalue weighted by Crippen LogP contribution is 2.49. The average molecular weight is 497 g/mol. The first-order valence-electron chi connectivity index (χ1n) is 11.0. The van der Waals surface area contributed by atoms with Crippen LogP contribution >= 0.6 is 11.6 Å². The number of Topliss-reactive ketones (excluding diaryl/α,β-unsaturated/α-hetero) is 1. The summed E-state index contributed by atoms with van der Waals surface area (Å²) in [4.78, 5) is 62.4. The van der Waals surface area contributed by atoms with Gasteiger partial charge in [0.25, 0.3) is 17.7 Å². The van der Waals surface area contributed by atoms with Crippen molar-refractivity contribution in [3.05, 3.63) is 28.8 Å². The molecule has 1 aliphatic heterocycles. The van der Waals surface area contributed by atoms with Crippen molar-refractivity contribution in [3.63, 3.8) is 0 Å². The van der Waals surface area contributed by atoms with Gasteiger partial charge in [0.2, 0.25) is 17.6 Å². The molecule has 0 aromatic heterocycles. The molecule has 2 aliphatic carbocycles. The monoisotopic (exact) mass is 496 g/mol. The molecule has 2 saturated carbocycles. The van der Waals surface area contributed by atoms with E-state index in [1.165, 1.54) is 18.2 Å². The van der Waals surface area contributed by atoms with Crippen LogP contribution in [0.5, 0.6) is 0 Å². The van der Waals surface area contributed by atoms with Crippen molar-refractivity contribution in [3.8, 4) is 0 Å². The molecule has 1 aromatic rings. The molecular formula is C22H23ClF2N4O5. The minimum Gasteiger partial charge on any atom is -0.356 e. The summed E-state index contributed by atoms with van der Waals surface area (Å²) >= 11 is 5.99. The van der Waals surface area contributed by atoms with Gasteiger partial charge in [-0.3, -0.25) is 24.0 Å². The number of ketones is 1. The van der Waals surface area contributed by atoms with Gasteiger partial charge in [-0.25, -0.2) is 8.78 Å². The fourth-order valence-corrected chi connectivity index (χ4v) is 3.97. The van der Waals surface area contributed by atoms with E-state index in [0.29, 0.717) is 13.0 Å². The minimum atomic E-state index is -3.09. The zero-order valence-corrected chi connectivity index (χ0v) is 18.7. The molecule has 182 valence electrons. The van der Waals surface area contributed by atoms with Crippen molar-refractivity contribution in [2.24, 2.45) is 11.8 Å².